The smallest absolute Gasteiger partial charge is 0.230 e. The first-order valence-electron chi connectivity index (χ1n) is 9.63. The van der Waals surface area contributed by atoms with Gasteiger partial charge in [-0.2, -0.15) is 4.98 Å². The lowest BCUT2D eigenvalue weighted by molar-refractivity contribution is 0.356. The number of hydrogen-bond acceptors (Lipinski definition) is 6. The molecule has 0 N–H and O–H groups in total. The van der Waals surface area contributed by atoms with Gasteiger partial charge in [-0.1, -0.05) is 35.8 Å². The maximum absolute atomic E-state index is 6.07. The molecule has 1 aliphatic carbocycles. The van der Waals surface area contributed by atoms with Gasteiger partial charge in [0.25, 0.3) is 0 Å². The predicted octanol–water partition coefficient (Wildman–Crippen LogP) is 4.72. The van der Waals surface area contributed by atoms with Crippen molar-refractivity contribution >= 4 is 11.6 Å². The Morgan fingerprint density at radius 2 is 1.97 bits per heavy atom. The van der Waals surface area contributed by atoms with E-state index < -0.39 is 0 Å². The number of aromatic nitrogens is 6. The topological polar surface area (TPSA) is 82.5 Å². The van der Waals surface area contributed by atoms with E-state index in [1.54, 1.807) is 12.4 Å². The molecule has 3 aromatic heterocycles. The van der Waals surface area contributed by atoms with Crippen LogP contribution in [0, 0.1) is 0 Å². The average Bonchev–Trinajstić information content (AvgIpc) is 3.29. The lowest BCUT2D eigenvalue weighted by Gasteiger charge is -2.11. The Kier molecular flexibility index (Phi) is 4.60. The second-order valence-corrected chi connectivity index (χ2v) is 7.79. The van der Waals surface area contributed by atoms with Gasteiger partial charge in [0.2, 0.25) is 11.7 Å². The highest BCUT2D eigenvalue weighted by molar-refractivity contribution is 6.30. The molecular weight excluding hydrogens is 388 g/mol. The van der Waals surface area contributed by atoms with Gasteiger partial charge in [-0.05, 0) is 37.1 Å². The van der Waals surface area contributed by atoms with Crippen LogP contribution in [0.2, 0.25) is 5.02 Å². The quantitative estimate of drug-likeness (QED) is 0.460. The molecule has 1 atom stereocenters. The Bertz CT molecular complexity index is 1140. The summed E-state index contributed by atoms with van der Waals surface area (Å²) in [6.07, 6.45) is 6.53. The third kappa shape index (κ3) is 3.65. The van der Waals surface area contributed by atoms with Crippen LogP contribution < -0.4 is 0 Å². The van der Waals surface area contributed by atoms with Gasteiger partial charge in [0.05, 0.1) is 0 Å². The molecule has 4 aromatic rings. The van der Waals surface area contributed by atoms with Gasteiger partial charge < -0.3 is 9.09 Å². The van der Waals surface area contributed by atoms with E-state index in [0.717, 1.165) is 35.6 Å². The summed E-state index contributed by atoms with van der Waals surface area (Å²) in [7, 11) is 0. The molecule has 5 rings (SSSR count). The van der Waals surface area contributed by atoms with Crippen molar-refractivity contribution in [3.63, 3.8) is 0 Å². The van der Waals surface area contributed by atoms with Crippen LogP contribution in [0.1, 0.15) is 43.4 Å². The molecule has 0 saturated heterocycles. The van der Waals surface area contributed by atoms with E-state index in [1.165, 1.54) is 0 Å². The summed E-state index contributed by atoms with van der Waals surface area (Å²) in [5.41, 5.74) is 1.86. The number of pyridine rings is 1. The monoisotopic (exact) mass is 406 g/mol. The van der Waals surface area contributed by atoms with Crippen LogP contribution in [0.5, 0.6) is 0 Å². The summed E-state index contributed by atoms with van der Waals surface area (Å²) in [6, 6.07) is 11.8. The van der Waals surface area contributed by atoms with Crippen molar-refractivity contribution in [2.75, 3.05) is 0 Å². The molecule has 0 amide bonds. The molecule has 1 saturated carbocycles. The Labute approximate surface area is 172 Å². The molecule has 0 bridgehead atoms. The lowest BCUT2D eigenvalue weighted by atomic mass is 10.1. The van der Waals surface area contributed by atoms with Crippen LogP contribution >= 0.6 is 11.6 Å². The minimum absolute atomic E-state index is 0.0161. The minimum Gasteiger partial charge on any atom is -0.339 e. The van der Waals surface area contributed by atoms with Gasteiger partial charge in [-0.15, -0.1) is 10.2 Å². The van der Waals surface area contributed by atoms with E-state index in [-0.39, 0.29) is 5.92 Å². The highest BCUT2D eigenvalue weighted by Gasteiger charge is 2.31. The van der Waals surface area contributed by atoms with Gasteiger partial charge >= 0.3 is 0 Å². The molecular formula is C21H19ClN6O. The number of nitrogens with zero attached hydrogens (tertiary/aromatic N) is 6. The maximum atomic E-state index is 6.07. The third-order valence-electron chi connectivity index (χ3n) is 5.05. The summed E-state index contributed by atoms with van der Waals surface area (Å²) in [5, 5.41) is 13.7. The summed E-state index contributed by atoms with van der Waals surface area (Å²) >= 11 is 6.07. The zero-order valence-corrected chi connectivity index (χ0v) is 16.6. The van der Waals surface area contributed by atoms with Gasteiger partial charge in [-0.3, -0.25) is 4.98 Å². The van der Waals surface area contributed by atoms with Gasteiger partial charge in [0.1, 0.15) is 5.82 Å². The van der Waals surface area contributed by atoms with Gasteiger partial charge in [-0.25, -0.2) is 0 Å². The number of benzene rings is 1. The summed E-state index contributed by atoms with van der Waals surface area (Å²) in [6.45, 7) is 2.06. The SMILES string of the molecule is C[C@@H](Cc1nnc(-c2ccncc2)n1C1CC1)c1nc(-c2cccc(Cl)c2)no1. The molecule has 146 valence electrons. The zero-order chi connectivity index (χ0) is 19.8. The molecule has 8 heteroatoms. The van der Waals surface area contributed by atoms with Crippen molar-refractivity contribution in [2.45, 2.75) is 38.1 Å². The molecule has 1 aliphatic rings. The Morgan fingerprint density at radius 1 is 1.14 bits per heavy atom. The molecule has 7 nitrogen and oxygen atoms in total. The number of rotatable bonds is 6. The molecule has 0 spiro atoms. The Morgan fingerprint density at radius 3 is 2.72 bits per heavy atom. The highest BCUT2D eigenvalue weighted by atomic mass is 35.5. The predicted molar refractivity (Wildman–Crippen MR) is 108 cm³/mol. The Hall–Kier alpha value is -3.06. The van der Waals surface area contributed by atoms with Crippen LogP contribution in [0.4, 0.5) is 0 Å². The Balaban J connectivity index is 1.40. The van der Waals surface area contributed by atoms with E-state index in [1.807, 2.05) is 36.4 Å². The van der Waals surface area contributed by atoms with Crippen LogP contribution in [0.25, 0.3) is 22.8 Å². The average molecular weight is 407 g/mol. The molecule has 1 aromatic carbocycles. The van der Waals surface area contributed by atoms with Gasteiger partial charge in [0, 0.05) is 46.9 Å². The molecule has 3 heterocycles. The third-order valence-corrected chi connectivity index (χ3v) is 5.29. The first-order valence-corrected chi connectivity index (χ1v) is 10.0. The first-order chi connectivity index (χ1) is 14.2. The van der Waals surface area contributed by atoms with E-state index in [9.17, 15) is 0 Å². The summed E-state index contributed by atoms with van der Waals surface area (Å²) in [5.74, 6) is 2.96. The van der Waals surface area contributed by atoms with Crippen molar-refractivity contribution in [1.82, 2.24) is 29.9 Å². The van der Waals surface area contributed by atoms with Crippen molar-refractivity contribution in [2.24, 2.45) is 0 Å². The zero-order valence-electron chi connectivity index (χ0n) is 15.9. The van der Waals surface area contributed by atoms with E-state index in [4.69, 9.17) is 16.1 Å². The largest absolute Gasteiger partial charge is 0.339 e. The fraction of sp³-hybridized carbons (Fsp3) is 0.286. The van der Waals surface area contributed by atoms with Crippen molar-refractivity contribution in [3.05, 3.63) is 65.5 Å². The van der Waals surface area contributed by atoms with Crippen LogP contribution in [0.3, 0.4) is 0 Å². The number of halogens is 1. The van der Waals surface area contributed by atoms with Gasteiger partial charge in [0.15, 0.2) is 5.82 Å². The van der Waals surface area contributed by atoms with Crippen LogP contribution in [-0.2, 0) is 6.42 Å². The van der Waals surface area contributed by atoms with E-state index in [0.29, 0.717) is 29.2 Å². The molecule has 0 aliphatic heterocycles. The minimum atomic E-state index is 0.0161. The summed E-state index contributed by atoms with van der Waals surface area (Å²) in [4.78, 5) is 8.67. The maximum Gasteiger partial charge on any atom is 0.230 e. The van der Waals surface area contributed by atoms with Crippen LogP contribution in [-0.4, -0.2) is 29.9 Å². The van der Waals surface area contributed by atoms with E-state index in [2.05, 4.69) is 36.8 Å². The molecule has 29 heavy (non-hydrogen) atoms. The molecule has 0 unspecified atom stereocenters. The fourth-order valence-electron chi connectivity index (χ4n) is 3.42. The van der Waals surface area contributed by atoms with Crippen molar-refractivity contribution in [3.8, 4) is 22.8 Å². The normalized spacial score (nSPS) is 14.8. The highest BCUT2D eigenvalue weighted by Crippen LogP contribution is 2.39. The van der Waals surface area contributed by atoms with Crippen molar-refractivity contribution < 1.29 is 4.52 Å². The fourth-order valence-corrected chi connectivity index (χ4v) is 3.61. The molecule has 1 fully saturated rings. The second-order valence-electron chi connectivity index (χ2n) is 7.35. The standard InChI is InChI=1S/C21H19ClN6O/c1-13(21-24-19(27-29-21)15-3-2-4-16(22)12-15)11-18-25-26-20(28(18)17-5-6-17)14-7-9-23-10-8-14/h2-4,7-10,12-13,17H,5-6,11H2,1H3/t13-/m0/s1. The summed E-state index contributed by atoms with van der Waals surface area (Å²) < 4.78 is 7.78. The first kappa shape index (κ1) is 18.0. The second kappa shape index (κ2) is 7.40. The number of hydrogen-bond donors (Lipinski definition) is 0. The van der Waals surface area contributed by atoms with E-state index >= 15 is 0 Å². The van der Waals surface area contributed by atoms with Crippen molar-refractivity contribution in [1.29, 1.82) is 0 Å². The lowest BCUT2D eigenvalue weighted by Crippen LogP contribution is -2.08. The van der Waals surface area contributed by atoms with Crippen LogP contribution in [0.15, 0.2) is 53.3 Å². The molecule has 0 radical (unpaired) electrons.